The summed E-state index contributed by atoms with van der Waals surface area (Å²) < 4.78 is 5.57. The average molecular weight is 374 g/mol. The highest BCUT2D eigenvalue weighted by Crippen LogP contribution is 2.26. The van der Waals surface area contributed by atoms with Crippen molar-refractivity contribution in [1.82, 2.24) is 4.90 Å². The molecule has 1 saturated heterocycles. The lowest BCUT2D eigenvalue weighted by molar-refractivity contribution is 0.208. The summed E-state index contributed by atoms with van der Waals surface area (Å²) in [5.74, 6) is 0.691. The minimum absolute atomic E-state index is 0.0984. The highest BCUT2D eigenvalue weighted by molar-refractivity contribution is 6.31. The number of hydrogen-bond donors (Lipinski definition) is 1. The number of hydrogen-bond acceptors (Lipinski definition) is 3. The molecule has 2 amide bonds. The number of anilines is 2. The van der Waals surface area contributed by atoms with Crippen LogP contribution in [0.4, 0.5) is 16.2 Å². The lowest BCUT2D eigenvalue weighted by Crippen LogP contribution is -2.50. The Bertz CT molecular complexity index is 773. The first-order valence-corrected chi connectivity index (χ1v) is 9.25. The SMILES string of the molecule is CCOc1ccccc1NC(=O)N1CCN(c2ccc(C)c(Cl)c2)CC1. The van der Waals surface area contributed by atoms with Gasteiger partial charge in [-0.15, -0.1) is 0 Å². The van der Waals surface area contributed by atoms with Gasteiger partial charge < -0.3 is 19.9 Å². The average Bonchev–Trinajstić information content (AvgIpc) is 2.66. The molecule has 138 valence electrons. The number of nitrogens with zero attached hydrogens (tertiary/aromatic N) is 2. The van der Waals surface area contributed by atoms with Crippen LogP contribution in [-0.4, -0.2) is 43.7 Å². The predicted molar refractivity (Wildman–Crippen MR) is 107 cm³/mol. The number of aryl methyl sites for hydroxylation is 1. The molecule has 1 aliphatic rings. The second-order valence-electron chi connectivity index (χ2n) is 6.27. The summed E-state index contributed by atoms with van der Waals surface area (Å²) in [5.41, 5.74) is 2.87. The maximum absolute atomic E-state index is 12.6. The van der Waals surface area contributed by atoms with Gasteiger partial charge in [0.05, 0.1) is 12.3 Å². The first kappa shape index (κ1) is 18.4. The van der Waals surface area contributed by atoms with Crippen LogP contribution in [0.2, 0.25) is 5.02 Å². The van der Waals surface area contributed by atoms with E-state index in [0.717, 1.165) is 29.4 Å². The maximum Gasteiger partial charge on any atom is 0.322 e. The smallest absolute Gasteiger partial charge is 0.322 e. The van der Waals surface area contributed by atoms with E-state index in [1.54, 1.807) is 0 Å². The van der Waals surface area contributed by atoms with Crippen molar-refractivity contribution in [2.45, 2.75) is 13.8 Å². The van der Waals surface area contributed by atoms with Gasteiger partial charge in [0.15, 0.2) is 0 Å². The zero-order chi connectivity index (χ0) is 18.5. The number of amides is 2. The van der Waals surface area contributed by atoms with Crippen LogP contribution < -0.4 is 15.0 Å². The van der Waals surface area contributed by atoms with E-state index >= 15 is 0 Å². The molecule has 0 aliphatic carbocycles. The van der Waals surface area contributed by atoms with Gasteiger partial charge in [-0.3, -0.25) is 0 Å². The van der Waals surface area contributed by atoms with Gasteiger partial charge >= 0.3 is 6.03 Å². The Labute approximate surface area is 159 Å². The van der Waals surface area contributed by atoms with Crippen LogP contribution in [0.5, 0.6) is 5.75 Å². The number of urea groups is 1. The van der Waals surface area contributed by atoms with Crippen molar-refractivity contribution in [2.24, 2.45) is 0 Å². The van der Waals surface area contributed by atoms with Gasteiger partial charge in [0, 0.05) is 36.9 Å². The molecule has 0 radical (unpaired) electrons. The van der Waals surface area contributed by atoms with Crippen LogP contribution in [0.1, 0.15) is 12.5 Å². The fourth-order valence-corrected chi connectivity index (χ4v) is 3.17. The Morgan fingerprint density at radius 3 is 2.58 bits per heavy atom. The molecule has 0 spiro atoms. The molecule has 2 aromatic rings. The first-order valence-electron chi connectivity index (χ1n) is 8.87. The monoisotopic (exact) mass is 373 g/mol. The van der Waals surface area contributed by atoms with E-state index in [1.807, 2.05) is 55.1 Å². The van der Waals surface area contributed by atoms with E-state index in [4.69, 9.17) is 16.3 Å². The zero-order valence-electron chi connectivity index (χ0n) is 15.2. The van der Waals surface area contributed by atoms with Gasteiger partial charge in [0.2, 0.25) is 0 Å². The van der Waals surface area contributed by atoms with E-state index in [-0.39, 0.29) is 6.03 Å². The standard InChI is InChI=1S/C20H24ClN3O2/c1-3-26-19-7-5-4-6-18(19)22-20(25)24-12-10-23(11-13-24)16-9-8-15(2)17(21)14-16/h4-9,14H,3,10-13H2,1-2H3,(H,22,25). The van der Waals surface area contributed by atoms with E-state index in [1.165, 1.54) is 0 Å². The van der Waals surface area contributed by atoms with Gasteiger partial charge in [0.25, 0.3) is 0 Å². The van der Waals surface area contributed by atoms with Crippen molar-refractivity contribution in [3.05, 3.63) is 53.1 Å². The molecule has 2 aromatic carbocycles. The first-order chi connectivity index (χ1) is 12.6. The number of rotatable bonds is 4. The molecular weight excluding hydrogens is 350 g/mol. The summed E-state index contributed by atoms with van der Waals surface area (Å²) in [7, 11) is 0. The summed E-state index contributed by atoms with van der Waals surface area (Å²) in [6.07, 6.45) is 0. The summed E-state index contributed by atoms with van der Waals surface area (Å²) in [5, 5.41) is 3.73. The number of halogens is 1. The fraction of sp³-hybridized carbons (Fsp3) is 0.350. The number of ether oxygens (including phenoxy) is 1. The van der Waals surface area contributed by atoms with Crippen molar-refractivity contribution in [3.63, 3.8) is 0 Å². The van der Waals surface area contributed by atoms with E-state index in [2.05, 4.69) is 16.3 Å². The predicted octanol–water partition coefficient (Wildman–Crippen LogP) is 4.40. The highest BCUT2D eigenvalue weighted by Gasteiger charge is 2.22. The molecule has 1 heterocycles. The van der Waals surface area contributed by atoms with Crippen molar-refractivity contribution in [2.75, 3.05) is 43.0 Å². The molecule has 0 unspecified atom stereocenters. The van der Waals surface area contributed by atoms with Crippen molar-refractivity contribution in [1.29, 1.82) is 0 Å². The minimum atomic E-state index is -0.0984. The number of benzene rings is 2. The number of carbonyl (C=O) groups excluding carboxylic acids is 1. The van der Waals surface area contributed by atoms with Crippen LogP contribution in [0, 0.1) is 6.92 Å². The topological polar surface area (TPSA) is 44.8 Å². The van der Waals surface area contributed by atoms with Crippen molar-refractivity contribution >= 4 is 29.0 Å². The van der Waals surface area contributed by atoms with Crippen LogP contribution in [-0.2, 0) is 0 Å². The lowest BCUT2D eigenvalue weighted by Gasteiger charge is -2.36. The second-order valence-corrected chi connectivity index (χ2v) is 6.67. The van der Waals surface area contributed by atoms with Crippen LogP contribution in [0.15, 0.2) is 42.5 Å². The van der Waals surface area contributed by atoms with Gasteiger partial charge in [0.1, 0.15) is 5.75 Å². The van der Waals surface area contributed by atoms with Crippen molar-refractivity contribution in [3.8, 4) is 5.75 Å². The second kappa shape index (κ2) is 8.32. The Hall–Kier alpha value is -2.40. The molecule has 26 heavy (non-hydrogen) atoms. The molecule has 3 rings (SSSR count). The molecule has 0 atom stereocenters. The number of carbonyl (C=O) groups is 1. The minimum Gasteiger partial charge on any atom is -0.492 e. The van der Waals surface area contributed by atoms with Crippen LogP contribution >= 0.6 is 11.6 Å². The van der Waals surface area contributed by atoms with E-state index in [9.17, 15) is 4.79 Å². The van der Waals surface area contributed by atoms with Gasteiger partial charge in [-0.05, 0) is 43.7 Å². The summed E-state index contributed by atoms with van der Waals surface area (Å²) >= 11 is 6.23. The Balaban J connectivity index is 1.59. The van der Waals surface area contributed by atoms with Crippen molar-refractivity contribution < 1.29 is 9.53 Å². The molecule has 1 fully saturated rings. The molecule has 5 nitrogen and oxygen atoms in total. The number of nitrogens with one attached hydrogen (secondary N) is 1. The Morgan fingerprint density at radius 1 is 1.15 bits per heavy atom. The van der Waals surface area contributed by atoms with Crippen LogP contribution in [0.3, 0.4) is 0 Å². The number of para-hydroxylation sites is 2. The third-order valence-electron chi connectivity index (χ3n) is 4.52. The Kier molecular flexibility index (Phi) is 5.89. The van der Waals surface area contributed by atoms with Crippen LogP contribution in [0.25, 0.3) is 0 Å². The summed E-state index contributed by atoms with van der Waals surface area (Å²) in [6.45, 7) is 7.36. The highest BCUT2D eigenvalue weighted by atomic mass is 35.5. The molecule has 6 heteroatoms. The maximum atomic E-state index is 12.6. The summed E-state index contributed by atoms with van der Waals surface area (Å²) in [4.78, 5) is 16.7. The number of piperazine rings is 1. The molecule has 1 N–H and O–H groups in total. The van der Waals surface area contributed by atoms with Gasteiger partial charge in [-0.25, -0.2) is 4.79 Å². The molecule has 0 saturated carbocycles. The quantitative estimate of drug-likeness (QED) is 0.863. The van der Waals surface area contributed by atoms with Gasteiger partial charge in [-0.1, -0.05) is 29.8 Å². The largest absolute Gasteiger partial charge is 0.492 e. The fourth-order valence-electron chi connectivity index (χ4n) is 2.99. The summed E-state index contributed by atoms with van der Waals surface area (Å²) in [6, 6.07) is 13.5. The van der Waals surface area contributed by atoms with E-state index < -0.39 is 0 Å². The third kappa shape index (κ3) is 4.22. The van der Waals surface area contributed by atoms with E-state index in [0.29, 0.717) is 31.1 Å². The normalized spacial score (nSPS) is 14.3. The lowest BCUT2D eigenvalue weighted by atomic mass is 10.2. The Morgan fingerprint density at radius 2 is 1.88 bits per heavy atom. The zero-order valence-corrected chi connectivity index (χ0v) is 15.9. The molecule has 1 aliphatic heterocycles. The molecular formula is C20H24ClN3O2. The van der Waals surface area contributed by atoms with Gasteiger partial charge in [-0.2, -0.15) is 0 Å². The molecule has 0 bridgehead atoms. The molecule has 0 aromatic heterocycles. The third-order valence-corrected chi connectivity index (χ3v) is 4.92.